The number of benzene rings is 2. The van der Waals surface area contributed by atoms with E-state index in [0.717, 1.165) is 92.0 Å². The number of hydrogen-bond donors (Lipinski definition) is 4. The highest BCUT2D eigenvalue weighted by Crippen LogP contribution is 2.37. The summed E-state index contributed by atoms with van der Waals surface area (Å²) in [5.74, 6) is -1.56. The molecule has 5 heterocycles. The van der Waals surface area contributed by atoms with Gasteiger partial charge in [-0.3, -0.25) is 39.2 Å². The molecular formula is C50H67N9O10. The molecule has 372 valence electrons. The summed E-state index contributed by atoms with van der Waals surface area (Å²) in [6.45, 7) is 12.5. The maximum atomic E-state index is 13.2. The number of nitrogens with one attached hydrogen (secondary N) is 3. The Morgan fingerprint density at radius 2 is 1.48 bits per heavy atom. The summed E-state index contributed by atoms with van der Waals surface area (Å²) in [6.07, 6.45) is 7.55. The Kier molecular flexibility index (Phi) is 17.7. The van der Waals surface area contributed by atoms with Crippen LogP contribution in [0.25, 0.3) is 22.2 Å². The fraction of sp³-hybridized carbons (Fsp3) is 0.560. The minimum absolute atomic E-state index is 0.0674. The summed E-state index contributed by atoms with van der Waals surface area (Å²) < 4.78 is 30.4. The number of rotatable bonds is 25. The fourth-order valence-corrected chi connectivity index (χ4v) is 9.55. The van der Waals surface area contributed by atoms with Crippen molar-refractivity contribution >= 4 is 46.3 Å². The van der Waals surface area contributed by atoms with Gasteiger partial charge in [0.1, 0.15) is 11.7 Å². The molecule has 3 aliphatic heterocycles. The molecule has 4 aromatic rings. The predicted molar refractivity (Wildman–Crippen MR) is 258 cm³/mol. The Labute approximate surface area is 403 Å². The second-order valence-electron chi connectivity index (χ2n) is 18.2. The number of hydrogen-bond acceptors (Lipinski definition) is 16. The van der Waals surface area contributed by atoms with Gasteiger partial charge in [-0.1, -0.05) is 30.3 Å². The molecule has 2 aromatic heterocycles. The summed E-state index contributed by atoms with van der Waals surface area (Å²) in [5, 5.41) is 20.0. The first-order valence-electron chi connectivity index (χ1n) is 24.4. The molecule has 2 aromatic carbocycles. The zero-order valence-corrected chi connectivity index (χ0v) is 39.9. The fourth-order valence-electron chi connectivity index (χ4n) is 9.55. The van der Waals surface area contributed by atoms with Crippen molar-refractivity contribution in [2.24, 2.45) is 0 Å². The predicted octanol–water partition coefficient (Wildman–Crippen LogP) is 3.72. The highest BCUT2D eigenvalue weighted by molar-refractivity contribution is 6.25. The Balaban J connectivity index is 0.657. The van der Waals surface area contributed by atoms with Gasteiger partial charge in [-0.2, -0.15) is 4.98 Å². The smallest absolute Gasteiger partial charge is 0.264 e. The van der Waals surface area contributed by atoms with Crippen molar-refractivity contribution in [3.63, 3.8) is 0 Å². The normalized spacial score (nSPS) is 20.7. The minimum atomic E-state index is -1.01. The van der Waals surface area contributed by atoms with Crippen molar-refractivity contribution in [2.75, 3.05) is 116 Å². The Bertz CT molecular complexity index is 2360. The van der Waals surface area contributed by atoms with E-state index in [2.05, 4.69) is 72.7 Å². The van der Waals surface area contributed by atoms with E-state index in [-0.39, 0.29) is 42.2 Å². The lowest BCUT2D eigenvalue weighted by molar-refractivity contribution is -0.136. The molecule has 4 N–H and O–H groups in total. The van der Waals surface area contributed by atoms with Crippen LogP contribution in [0.5, 0.6) is 0 Å². The topological polar surface area (TPSA) is 211 Å². The summed E-state index contributed by atoms with van der Waals surface area (Å²) >= 11 is 0. The molecule has 4 aliphatic rings. The highest BCUT2D eigenvalue weighted by atomic mass is 16.6. The number of aliphatic hydroxyl groups is 1. The average molecular weight is 954 g/mol. The number of piperazine rings is 1. The quantitative estimate of drug-likeness (QED) is 0.0551. The summed E-state index contributed by atoms with van der Waals surface area (Å²) in [5.41, 5.74) is 5.40. The van der Waals surface area contributed by atoms with Gasteiger partial charge < -0.3 is 44.0 Å². The third kappa shape index (κ3) is 12.9. The zero-order chi connectivity index (χ0) is 48.1. The van der Waals surface area contributed by atoms with Gasteiger partial charge >= 0.3 is 0 Å². The van der Waals surface area contributed by atoms with Gasteiger partial charge in [0.2, 0.25) is 17.8 Å². The average Bonchev–Trinajstić information content (AvgIpc) is 3.85. The van der Waals surface area contributed by atoms with Gasteiger partial charge in [-0.15, -0.1) is 0 Å². The van der Waals surface area contributed by atoms with Crippen molar-refractivity contribution in [3.05, 3.63) is 71.5 Å². The maximum absolute atomic E-state index is 13.2. The van der Waals surface area contributed by atoms with Crippen molar-refractivity contribution < 1.29 is 48.0 Å². The number of ether oxygens (including phenoxy) is 5. The molecule has 0 radical (unpaired) electrons. The Morgan fingerprint density at radius 3 is 2.17 bits per heavy atom. The number of nitrogens with zero attached hydrogens (tertiary/aromatic N) is 6. The first-order valence-corrected chi connectivity index (χ1v) is 24.4. The lowest BCUT2D eigenvalue weighted by atomic mass is 9.93. The third-order valence-electron chi connectivity index (χ3n) is 13.3. The van der Waals surface area contributed by atoms with Gasteiger partial charge in [0.25, 0.3) is 11.8 Å². The molecule has 3 fully saturated rings. The van der Waals surface area contributed by atoms with Gasteiger partial charge in [-0.05, 0) is 62.3 Å². The highest BCUT2D eigenvalue weighted by Gasteiger charge is 2.45. The van der Waals surface area contributed by atoms with Crippen LogP contribution in [0.15, 0.2) is 54.9 Å². The van der Waals surface area contributed by atoms with Gasteiger partial charge in [0.05, 0.1) is 76.7 Å². The largest absolute Gasteiger partial charge is 0.393 e. The van der Waals surface area contributed by atoms with Gasteiger partial charge in [0.15, 0.2) is 0 Å². The van der Waals surface area contributed by atoms with Crippen molar-refractivity contribution in [1.82, 2.24) is 34.6 Å². The first kappa shape index (κ1) is 50.0. The van der Waals surface area contributed by atoms with Gasteiger partial charge in [-0.25, -0.2) is 4.98 Å². The molecule has 0 spiro atoms. The van der Waals surface area contributed by atoms with Crippen LogP contribution in [0, 0.1) is 0 Å². The molecular weight excluding hydrogens is 887 g/mol. The van der Waals surface area contributed by atoms with E-state index in [1.807, 2.05) is 6.20 Å². The van der Waals surface area contributed by atoms with Crippen LogP contribution in [0.2, 0.25) is 0 Å². The molecule has 2 saturated heterocycles. The van der Waals surface area contributed by atoms with E-state index in [9.17, 15) is 24.3 Å². The van der Waals surface area contributed by atoms with Crippen LogP contribution >= 0.6 is 0 Å². The number of anilines is 2. The molecule has 8 rings (SSSR count). The molecule has 1 unspecified atom stereocenters. The molecule has 1 saturated carbocycles. The van der Waals surface area contributed by atoms with E-state index in [1.54, 1.807) is 25.3 Å². The molecule has 69 heavy (non-hydrogen) atoms. The number of aromatic nitrogens is 3. The van der Waals surface area contributed by atoms with Crippen molar-refractivity contribution in [3.8, 4) is 11.1 Å². The molecule has 0 bridgehead atoms. The van der Waals surface area contributed by atoms with E-state index in [0.29, 0.717) is 77.6 Å². The van der Waals surface area contributed by atoms with E-state index in [4.69, 9.17) is 28.7 Å². The molecule has 1 aliphatic carbocycles. The van der Waals surface area contributed by atoms with Crippen LogP contribution in [0.4, 0.5) is 11.6 Å². The number of piperidine rings is 1. The zero-order valence-electron chi connectivity index (χ0n) is 39.9. The van der Waals surface area contributed by atoms with E-state index >= 15 is 0 Å². The molecule has 19 heteroatoms. The summed E-state index contributed by atoms with van der Waals surface area (Å²) in [4.78, 5) is 65.8. The van der Waals surface area contributed by atoms with Crippen LogP contribution < -0.4 is 16.0 Å². The van der Waals surface area contributed by atoms with Crippen LogP contribution in [0.3, 0.4) is 0 Å². The number of carbonyl (C=O) groups excluding carboxylic acids is 4. The monoisotopic (exact) mass is 954 g/mol. The van der Waals surface area contributed by atoms with E-state index in [1.165, 1.54) is 5.56 Å². The number of amides is 4. The van der Waals surface area contributed by atoms with Crippen LogP contribution in [0.1, 0.15) is 77.8 Å². The Morgan fingerprint density at radius 1 is 0.797 bits per heavy atom. The summed E-state index contributed by atoms with van der Waals surface area (Å²) in [6, 6.07) is 13.2. The maximum Gasteiger partial charge on any atom is 0.264 e. The lowest BCUT2D eigenvalue weighted by Crippen LogP contribution is -2.54. The SMILES string of the molecule is COC[C@H](C)Nc1ncc2c(-c3ccc(CN4CCN(CCOCCOCCOCCOCCNc5cccc6c5C(=O)N(C5CCC(=O)NC5=O)C6=O)CC4)cc3)cn(C3CCC(O)CC3)c2n1. The van der Waals surface area contributed by atoms with Crippen molar-refractivity contribution in [2.45, 2.75) is 76.2 Å². The van der Waals surface area contributed by atoms with Crippen molar-refractivity contribution in [1.29, 1.82) is 0 Å². The standard InChI is InChI=1S/C50H67N9O10/c1-34(33-65-2)53-50-52-30-40-41(32-58(46(40)55-50)37-10-12-38(60)13-11-37)36-8-6-35(7-9-36)31-57-19-17-56(18-20-57)21-23-67-25-27-69-29-28-68-26-24-66-22-16-51-42-5-3-4-39-45(42)49(64)59(48(39)63)43-14-15-44(61)54-47(43)62/h3-9,30,32,34,37-38,43,51,60H,10-29,31,33H2,1-2H3,(H,52,53,55)(H,54,61,62)/t34-,37?,38?,43?/m0/s1. The number of aliphatic hydroxyl groups excluding tert-OH is 1. The lowest BCUT2D eigenvalue weighted by Gasteiger charge is -2.34. The van der Waals surface area contributed by atoms with E-state index < -0.39 is 29.7 Å². The number of imide groups is 2. The summed E-state index contributed by atoms with van der Waals surface area (Å²) in [7, 11) is 1.69. The molecule has 4 amide bonds. The second kappa shape index (κ2) is 24.4. The van der Waals surface area contributed by atoms with Crippen LogP contribution in [-0.4, -0.2) is 182 Å². The second-order valence-corrected chi connectivity index (χ2v) is 18.2. The molecule has 19 nitrogen and oxygen atoms in total. The minimum Gasteiger partial charge on any atom is -0.393 e. The first-order chi connectivity index (χ1) is 33.7. The van der Waals surface area contributed by atoms with Crippen LogP contribution in [-0.2, 0) is 39.8 Å². The number of methoxy groups -OCH3 is 1. The molecule has 2 atom stereocenters. The third-order valence-corrected chi connectivity index (χ3v) is 13.3. The Hall–Kier alpha value is -5.38. The number of carbonyl (C=O) groups is 4. The van der Waals surface area contributed by atoms with Gasteiger partial charge in [0, 0.05) is 100 Å². The number of fused-ring (bicyclic) bond motifs is 2.